The third-order valence-electron chi connectivity index (χ3n) is 3.78. The Hall–Kier alpha value is -0.820. The molecule has 2 N–H and O–H groups in total. The van der Waals surface area contributed by atoms with Gasteiger partial charge in [-0.1, -0.05) is 58.0 Å². The molecule has 0 aliphatic carbocycles. The first-order valence-electron chi connectivity index (χ1n) is 6.69. The molecule has 0 fully saturated rings. The fourth-order valence-electron chi connectivity index (χ4n) is 1.92. The van der Waals surface area contributed by atoms with Gasteiger partial charge in [0.1, 0.15) is 0 Å². The maximum absolute atomic E-state index is 6.22. The van der Waals surface area contributed by atoms with Crippen LogP contribution in [-0.2, 0) is 6.42 Å². The standard InChI is InChI=1S/C16H27N/c1-13(16(2,3)4)12-15(17)11-10-14-8-6-5-7-9-14/h5-9,13,15H,10-12,17H2,1-4H3. The van der Waals surface area contributed by atoms with Crippen molar-refractivity contribution in [3.05, 3.63) is 35.9 Å². The summed E-state index contributed by atoms with van der Waals surface area (Å²) in [5.41, 5.74) is 7.98. The molecule has 1 rings (SSSR count). The van der Waals surface area contributed by atoms with Crippen LogP contribution in [0.5, 0.6) is 0 Å². The topological polar surface area (TPSA) is 26.0 Å². The maximum atomic E-state index is 6.22. The molecule has 0 aliphatic heterocycles. The lowest BCUT2D eigenvalue weighted by atomic mass is 9.78. The summed E-state index contributed by atoms with van der Waals surface area (Å²) in [6.07, 6.45) is 3.31. The van der Waals surface area contributed by atoms with Crippen LogP contribution >= 0.6 is 0 Å². The molecule has 2 unspecified atom stereocenters. The van der Waals surface area contributed by atoms with Gasteiger partial charge in [-0.25, -0.2) is 0 Å². The Morgan fingerprint density at radius 2 is 1.71 bits per heavy atom. The van der Waals surface area contributed by atoms with Crippen LogP contribution in [0.4, 0.5) is 0 Å². The van der Waals surface area contributed by atoms with Gasteiger partial charge in [0.05, 0.1) is 0 Å². The SMILES string of the molecule is CC(CC(N)CCc1ccccc1)C(C)(C)C. The zero-order valence-electron chi connectivity index (χ0n) is 11.7. The van der Waals surface area contributed by atoms with Crippen LogP contribution in [0, 0.1) is 11.3 Å². The van der Waals surface area contributed by atoms with Crippen molar-refractivity contribution in [2.24, 2.45) is 17.1 Å². The maximum Gasteiger partial charge on any atom is 0.00447 e. The number of hydrogen-bond donors (Lipinski definition) is 1. The summed E-state index contributed by atoms with van der Waals surface area (Å²) in [4.78, 5) is 0. The molecule has 17 heavy (non-hydrogen) atoms. The molecule has 1 aromatic carbocycles. The van der Waals surface area contributed by atoms with Crippen molar-refractivity contribution in [1.82, 2.24) is 0 Å². The summed E-state index contributed by atoms with van der Waals surface area (Å²) in [7, 11) is 0. The lowest BCUT2D eigenvalue weighted by molar-refractivity contribution is 0.230. The third kappa shape index (κ3) is 5.36. The molecule has 1 heteroatoms. The van der Waals surface area contributed by atoms with Gasteiger partial charge in [-0.2, -0.15) is 0 Å². The molecule has 0 radical (unpaired) electrons. The molecule has 0 bridgehead atoms. The number of benzene rings is 1. The van der Waals surface area contributed by atoms with E-state index in [-0.39, 0.29) is 0 Å². The van der Waals surface area contributed by atoms with Crippen LogP contribution in [0.15, 0.2) is 30.3 Å². The van der Waals surface area contributed by atoms with Gasteiger partial charge in [-0.15, -0.1) is 0 Å². The van der Waals surface area contributed by atoms with Gasteiger partial charge in [0.15, 0.2) is 0 Å². The van der Waals surface area contributed by atoms with Crippen LogP contribution in [0.3, 0.4) is 0 Å². The lowest BCUT2D eigenvalue weighted by Gasteiger charge is -2.29. The van der Waals surface area contributed by atoms with Gasteiger partial charge < -0.3 is 5.73 Å². The smallest absolute Gasteiger partial charge is 0.00447 e. The van der Waals surface area contributed by atoms with Crippen molar-refractivity contribution in [3.8, 4) is 0 Å². The highest BCUT2D eigenvalue weighted by atomic mass is 14.6. The van der Waals surface area contributed by atoms with E-state index in [2.05, 4.69) is 58.0 Å². The van der Waals surface area contributed by atoms with Crippen LogP contribution in [0.2, 0.25) is 0 Å². The van der Waals surface area contributed by atoms with Gasteiger partial charge in [0, 0.05) is 6.04 Å². The highest BCUT2D eigenvalue weighted by molar-refractivity contribution is 5.14. The summed E-state index contributed by atoms with van der Waals surface area (Å²) in [5, 5.41) is 0. The largest absolute Gasteiger partial charge is 0.328 e. The summed E-state index contributed by atoms with van der Waals surface area (Å²) < 4.78 is 0. The first-order chi connectivity index (χ1) is 7.89. The van der Waals surface area contributed by atoms with Crippen molar-refractivity contribution in [1.29, 1.82) is 0 Å². The average molecular weight is 233 g/mol. The fourth-order valence-corrected chi connectivity index (χ4v) is 1.92. The molecule has 0 saturated heterocycles. The van der Waals surface area contributed by atoms with E-state index in [0.717, 1.165) is 19.3 Å². The van der Waals surface area contributed by atoms with Crippen molar-refractivity contribution in [2.75, 3.05) is 0 Å². The van der Waals surface area contributed by atoms with E-state index >= 15 is 0 Å². The molecule has 0 heterocycles. The Morgan fingerprint density at radius 1 is 1.12 bits per heavy atom. The third-order valence-corrected chi connectivity index (χ3v) is 3.78. The van der Waals surface area contributed by atoms with E-state index in [0.29, 0.717) is 17.4 Å². The molecular weight excluding hydrogens is 206 g/mol. The average Bonchev–Trinajstić information content (AvgIpc) is 2.26. The number of aryl methyl sites for hydroxylation is 1. The Bertz CT molecular complexity index is 310. The molecule has 0 aromatic heterocycles. The van der Waals surface area contributed by atoms with Crippen molar-refractivity contribution in [2.45, 2.75) is 53.0 Å². The summed E-state index contributed by atoms with van der Waals surface area (Å²) >= 11 is 0. The highest BCUT2D eigenvalue weighted by Gasteiger charge is 2.21. The molecule has 0 saturated carbocycles. The molecule has 1 aromatic rings. The minimum atomic E-state index is 0.324. The lowest BCUT2D eigenvalue weighted by Crippen LogP contribution is -2.28. The molecule has 0 aliphatic rings. The Morgan fingerprint density at radius 3 is 2.24 bits per heavy atom. The number of rotatable bonds is 5. The van der Waals surface area contributed by atoms with Crippen molar-refractivity contribution in [3.63, 3.8) is 0 Å². The van der Waals surface area contributed by atoms with E-state index in [1.165, 1.54) is 5.56 Å². The first kappa shape index (κ1) is 14.2. The van der Waals surface area contributed by atoms with E-state index in [1.54, 1.807) is 0 Å². The van der Waals surface area contributed by atoms with Crippen molar-refractivity contribution >= 4 is 0 Å². The number of nitrogens with two attached hydrogens (primary N) is 1. The Labute approximate surface area is 106 Å². The zero-order chi connectivity index (χ0) is 12.9. The zero-order valence-corrected chi connectivity index (χ0v) is 11.7. The van der Waals surface area contributed by atoms with E-state index in [9.17, 15) is 0 Å². The molecule has 96 valence electrons. The van der Waals surface area contributed by atoms with Crippen molar-refractivity contribution < 1.29 is 0 Å². The Balaban J connectivity index is 2.33. The summed E-state index contributed by atoms with van der Waals surface area (Å²) in [6, 6.07) is 10.9. The Kier molecular flexibility index (Phi) is 5.20. The minimum Gasteiger partial charge on any atom is -0.328 e. The molecule has 0 spiro atoms. The monoisotopic (exact) mass is 233 g/mol. The molecular formula is C16H27N. The fraction of sp³-hybridized carbons (Fsp3) is 0.625. The van der Waals surface area contributed by atoms with Gasteiger partial charge in [-0.05, 0) is 36.2 Å². The first-order valence-corrected chi connectivity index (χ1v) is 6.69. The number of hydrogen-bond acceptors (Lipinski definition) is 1. The van der Waals surface area contributed by atoms with E-state index < -0.39 is 0 Å². The normalized spacial score (nSPS) is 15.6. The van der Waals surface area contributed by atoms with Crippen LogP contribution in [-0.4, -0.2) is 6.04 Å². The van der Waals surface area contributed by atoms with Gasteiger partial charge >= 0.3 is 0 Å². The van der Waals surface area contributed by atoms with Crippen LogP contribution in [0.1, 0.15) is 46.1 Å². The summed E-state index contributed by atoms with van der Waals surface area (Å²) in [5.74, 6) is 0.674. The molecule has 0 amide bonds. The molecule has 1 nitrogen and oxygen atoms in total. The second-order valence-corrected chi connectivity index (χ2v) is 6.29. The van der Waals surface area contributed by atoms with Crippen LogP contribution < -0.4 is 5.73 Å². The predicted molar refractivity (Wildman–Crippen MR) is 76.0 cm³/mol. The highest BCUT2D eigenvalue weighted by Crippen LogP contribution is 2.29. The molecule has 2 atom stereocenters. The summed E-state index contributed by atoms with van der Waals surface area (Å²) in [6.45, 7) is 9.19. The van der Waals surface area contributed by atoms with Gasteiger partial charge in [0.25, 0.3) is 0 Å². The predicted octanol–water partition coefficient (Wildman–Crippen LogP) is 4.02. The van der Waals surface area contributed by atoms with Crippen LogP contribution in [0.25, 0.3) is 0 Å². The second-order valence-electron chi connectivity index (χ2n) is 6.29. The second kappa shape index (κ2) is 6.20. The van der Waals surface area contributed by atoms with Gasteiger partial charge in [-0.3, -0.25) is 0 Å². The van der Waals surface area contributed by atoms with E-state index in [1.807, 2.05) is 0 Å². The van der Waals surface area contributed by atoms with E-state index in [4.69, 9.17) is 5.73 Å². The quantitative estimate of drug-likeness (QED) is 0.816. The van der Waals surface area contributed by atoms with Gasteiger partial charge in [0.2, 0.25) is 0 Å². The minimum absolute atomic E-state index is 0.324.